The van der Waals surface area contributed by atoms with Crippen LogP contribution in [0.15, 0.2) is 73.1 Å². The molecular formula is C21H19NO4. The second-order valence-electron chi connectivity index (χ2n) is 5.84. The monoisotopic (exact) mass is 349 g/mol. The fraction of sp³-hybridized carbons (Fsp3) is 0.143. The summed E-state index contributed by atoms with van der Waals surface area (Å²) in [6.45, 7) is 0. The minimum atomic E-state index is -1.16. The van der Waals surface area contributed by atoms with Gasteiger partial charge in [0.15, 0.2) is 0 Å². The number of pyridine rings is 1. The number of aliphatic hydroxyl groups excluding tert-OH is 2. The summed E-state index contributed by atoms with van der Waals surface area (Å²) >= 11 is 0. The molecule has 2 unspecified atom stereocenters. The average Bonchev–Trinajstić information content (AvgIpc) is 2.73. The summed E-state index contributed by atoms with van der Waals surface area (Å²) in [7, 11) is 1.33. The van der Waals surface area contributed by atoms with Crippen molar-refractivity contribution in [2.45, 2.75) is 12.2 Å². The number of hydrogen-bond donors (Lipinski definition) is 2. The van der Waals surface area contributed by atoms with E-state index >= 15 is 0 Å². The van der Waals surface area contributed by atoms with Crippen molar-refractivity contribution in [2.24, 2.45) is 0 Å². The van der Waals surface area contributed by atoms with Gasteiger partial charge in [0, 0.05) is 18.0 Å². The van der Waals surface area contributed by atoms with Gasteiger partial charge in [-0.05, 0) is 34.9 Å². The number of nitrogens with zero attached hydrogens (tertiary/aromatic N) is 1. The lowest BCUT2D eigenvalue weighted by molar-refractivity contribution is 0.0170. The van der Waals surface area contributed by atoms with Crippen molar-refractivity contribution in [3.63, 3.8) is 0 Å². The first kappa shape index (κ1) is 17.8. The molecule has 26 heavy (non-hydrogen) atoms. The van der Waals surface area contributed by atoms with Crippen LogP contribution < -0.4 is 0 Å². The maximum Gasteiger partial charge on any atom is 0.338 e. The molecule has 2 aromatic carbocycles. The van der Waals surface area contributed by atoms with Gasteiger partial charge in [0.2, 0.25) is 0 Å². The van der Waals surface area contributed by atoms with Crippen LogP contribution in [0.4, 0.5) is 0 Å². The Hall–Kier alpha value is -3.02. The van der Waals surface area contributed by atoms with Crippen LogP contribution in [0.2, 0.25) is 0 Å². The third-order valence-corrected chi connectivity index (χ3v) is 4.20. The van der Waals surface area contributed by atoms with E-state index in [2.05, 4.69) is 4.98 Å². The normalized spacial score (nSPS) is 13.0. The second-order valence-corrected chi connectivity index (χ2v) is 5.84. The number of hydrogen-bond acceptors (Lipinski definition) is 5. The van der Waals surface area contributed by atoms with Gasteiger partial charge in [-0.15, -0.1) is 0 Å². The molecule has 0 spiro atoms. The van der Waals surface area contributed by atoms with Crippen LogP contribution >= 0.6 is 0 Å². The molecule has 0 amide bonds. The van der Waals surface area contributed by atoms with Crippen LogP contribution in [0.3, 0.4) is 0 Å². The van der Waals surface area contributed by atoms with Crippen molar-refractivity contribution in [2.75, 3.05) is 7.11 Å². The highest BCUT2D eigenvalue weighted by Crippen LogP contribution is 2.33. The standard InChI is InChI=1S/C21H19NO4/c1-26-21(25)17-10-9-15(12-18(17)14-6-3-2-4-7-14)19(23)20(24)16-8-5-11-22-13-16/h2-13,19-20,23-24H,1H3. The topological polar surface area (TPSA) is 79.7 Å². The Bertz CT molecular complexity index is 881. The predicted molar refractivity (Wildman–Crippen MR) is 97.4 cm³/mol. The van der Waals surface area contributed by atoms with Gasteiger partial charge in [-0.25, -0.2) is 4.79 Å². The van der Waals surface area contributed by atoms with E-state index in [1.165, 1.54) is 13.3 Å². The Morgan fingerprint density at radius 1 is 0.962 bits per heavy atom. The van der Waals surface area contributed by atoms with Crippen molar-refractivity contribution in [1.82, 2.24) is 4.98 Å². The lowest BCUT2D eigenvalue weighted by Gasteiger charge is -2.20. The van der Waals surface area contributed by atoms with E-state index in [0.717, 1.165) is 5.56 Å². The van der Waals surface area contributed by atoms with Gasteiger partial charge in [0.05, 0.1) is 12.7 Å². The van der Waals surface area contributed by atoms with Crippen LogP contribution in [-0.2, 0) is 4.74 Å². The van der Waals surface area contributed by atoms with Crippen molar-refractivity contribution in [3.8, 4) is 11.1 Å². The summed E-state index contributed by atoms with van der Waals surface area (Å²) in [6, 6.07) is 17.7. The molecule has 0 aliphatic carbocycles. The van der Waals surface area contributed by atoms with Crippen molar-refractivity contribution in [1.29, 1.82) is 0 Å². The van der Waals surface area contributed by atoms with E-state index in [1.807, 2.05) is 30.3 Å². The van der Waals surface area contributed by atoms with Crippen LogP contribution in [0, 0.1) is 0 Å². The Morgan fingerprint density at radius 2 is 1.69 bits per heavy atom. The Labute approximate surface area is 151 Å². The first-order chi connectivity index (χ1) is 12.6. The zero-order chi connectivity index (χ0) is 18.5. The Morgan fingerprint density at radius 3 is 2.35 bits per heavy atom. The maximum atomic E-state index is 12.1. The molecule has 5 heteroatoms. The number of ether oxygens (including phenoxy) is 1. The molecule has 5 nitrogen and oxygen atoms in total. The van der Waals surface area contributed by atoms with Gasteiger partial charge in [-0.3, -0.25) is 4.98 Å². The number of benzene rings is 2. The summed E-state index contributed by atoms with van der Waals surface area (Å²) < 4.78 is 4.86. The van der Waals surface area contributed by atoms with E-state index in [0.29, 0.717) is 22.3 Å². The molecular weight excluding hydrogens is 330 g/mol. The fourth-order valence-electron chi connectivity index (χ4n) is 2.81. The number of carbonyl (C=O) groups is 1. The maximum absolute atomic E-state index is 12.1. The zero-order valence-electron chi connectivity index (χ0n) is 14.2. The average molecular weight is 349 g/mol. The number of aliphatic hydroxyl groups is 2. The molecule has 3 aromatic rings. The highest BCUT2D eigenvalue weighted by molar-refractivity contribution is 5.97. The molecule has 0 aliphatic rings. The minimum Gasteiger partial charge on any atom is -0.465 e. The van der Waals surface area contributed by atoms with Crippen molar-refractivity contribution >= 4 is 5.97 Å². The SMILES string of the molecule is COC(=O)c1ccc(C(O)C(O)c2cccnc2)cc1-c1ccccc1. The summed E-state index contributed by atoms with van der Waals surface area (Å²) in [5, 5.41) is 21.1. The number of esters is 1. The largest absolute Gasteiger partial charge is 0.465 e. The van der Waals surface area contributed by atoms with Gasteiger partial charge in [0.1, 0.15) is 12.2 Å². The third-order valence-electron chi connectivity index (χ3n) is 4.20. The molecule has 3 rings (SSSR count). The Kier molecular flexibility index (Phi) is 5.41. The highest BCUT2D eigenvalue weighted by Gasteiger charge is 2.23. The van der Waals surface area contributed by atoms with Gasteiger partial charge < -0.3 is 14.9 Å². The number of methoxy groups -OCH3 is 1. The van der Waals surface area contributed by atoms with Crippen LogP contribution in [0.25, 0.3) is 11.1 Å². The van der Waals surface area contributed by atoms with Crippen molar-refractivity contribution in [3.05, 3.63) is 89.7 Å². The molecule has 0 saturated carbocycles. The van der Waals surface area contributed by atoms with Crippen molar-refractivity contribution < 1.29 is 19.7 Å². The molecule has 0 saturated heterocycles. The van der Waals surface area contributed by atoms with Crippen LogP contribution in [0.1, 0.15) is 33.7 Å². The molecule has 2 atom stereocenters. The van der Waals surface area contributed by atoms with Gasteiger partial charge in [-0.2, -0.15) is 0 Å². The van der Waals surface area contributed by atoms with E-state index in [4.69, 9.17) is 4.74 Å². The molecule has 0 fully saturated rings. The van der Waals surface area contributed by atoms with E-state index < -0.39 is 18.2 Å². The van der Waals surface area contributed by atoms with Gasteiger partial charge in [0.25, 0.3) is 0 Å². The molecule has 1 heterocycles. The lowest BCUT2D eigenvalue weighted by atomic mass is 9.92. The summed E-state index contributed by atoms with van der Waals surface area (Å²) in [5.74, 6) is -0.460. The fourth-order valence-corrected chi connectivity index (χ4v) is 2.81. The van der Waals surface area contributed by atoms with E-state index in [9.17, 15) is 15.0 Å². The zero-order valence-corrected chi connectivity index (χ0v) is 14.2. The third kappa shape index (κ3) is 3.64. The number of aromatic nitrogens is 1. The van der Waals surface area contributed by atoms with Gasteiger partial charge >= 0.3 is 5.97 Å². The minimum absolute atomic E-state index is 0.394. The quantitative estimate of drug-likeness (QED) is 0.691. The first-order valence-electron chi connectivity index (χ1n) is 8.15. The van der Waals surface area contributed by atoms with Gasteiger partial charge in [-0.1, -0.05) is 42.5 Å². The highest BCUT2D eigenvalue weighted by atomic mass is 16.5. The lowest BCUT2D eigenvalue weighted by Crippen LogP contribution is -2.12. The van der Waals surface area contributed by atoms with E-state index in [-0.39, 0.29) is 0 Å². The molecule has 0 radical (unpaired) electrons. The molecule has 2 N–H and O–H groups in total. The summed E-state index contributed by atoms with van der Waals surface area (Å²) in [4.78, 5) is 16.1. The molecule has 0 aliphatic heterocycles. The summed E-state index contributed by atoms with van der Waals surface area (Å²) in [5.41, 5.74) is 2.85. The molecule has 132 valence electrons. The molecule has 0 bridgehead atoms. The Balaban J connectivity index is 2.02. The summed E-state index contributed by atoms with van der Waals surface area (Å²) in [6.07, 6.45) is 0.820. The first-order valence-corrected chi connectivity index (χ1v) is 8.15. The van der Waals surface area contributed by atoms with Crippen LogP contribution in [-0.4, -0.2) is 28.3 Å². The second kappa shape index (κ2) is 7.91. The smallest absolute Gasteiger partial charge is 0.338 e. The predicted octanol–water partition coefficient (Wildman–Crippen LogP) is 3.30. The van der Waals surface area contributed by atoms with Crippen LogP contribution in [0.5, 0.6) is 0 Å². The van der Waals surface area contributed by atoms with E-state index in [1.54, 1.807) is 36.5 Å². The number of rotatable bonds is 5. The number of carbonyl (C=O) groups excluding carboxylic acids is 1. The molecule has 1 aromatic heterocycles.